The molecule has 0 amide bonds. The highest BCUT2D eigenvalue weighted by molar-refractivity contribution is 7.80. The molecule has 1 saturated carbocycles. The van der Waals surface area contributed by atoms with Gasteiger partial charge in [-0.1, -0.05) is 12.8 Å². The van der Waals surface area contributed by atoms with Gasteiger partial charge >= 0.3 is 5.97 Å². The zero-order valence-electron chi connectivity index (χ0n) is 9.30. The molecular weight excluding hydrogens is 196 g/mol. The van der Waals surface area contributed by atoms with E-state index >= 15 is 0 Å². The summed E-state index contributed by atoms with van der Waals surface area (Å²) in [6.45, 7) is 5.73. The molecule has 0 saturated heterocycles. The fraction of sp³-hybridized carbons (Fsp3) is 0.909. The van der Waals surface area contributed by atoms with Crippen LogP contribution in [0.25, 0.3) is 0 Å². The molecule has 0 heterocycles. The predicted molar refractivity (Wildman–Crippen MR) is 60.6 cm³/mol. The maximum absolute atomic E-state index is 11.9. The van der Waals surface area contributed by atoms with Crippen LogP contribution < -0.4 is 0 Å². The second kappa shape index (κ2) is 4.13. The van der Waals surface area contributed by atoms with Crippen LogP contribution in [0.5, 0.6) is 0 Å². The van der Waals surface area contributed by atoms with Crippen LogP contribution in [0.15, 0.2) is 0 Å². The third kappa shape index (κ3) is 2.66. The Labute approximate surface area is 91.8 Å². The normalized spacial score (nSPS) is 20.9. The molecule has 1 aliphatic rings. The van der Waals surface area contributed by atoms with Gasteiger partial charge in [0, 0.05) is 5.75 Å². The minimum Gasteiger partial charge on any atom is -0.460 e. The molecule has 0 atom stereocenters. The van der Waals surface area contributed by atoms with Gasteiger partial charge < -0.3 is 4.74 Å². The molecule has 0 aliphatic heterocycles. The maximum atomic E-state index is 11.9. The number of rotatable bonds is 2. The molecule has 0 bridgehead atoms. The van der Waals surface area contributed by atoms with Crippen LogP contribution in [0, 0.1) is 5.41 Å². The Hall–Kier alpha value is -0.180. The van der Waals surface area contributed by atoms with Gasteiger partial charge in [-0.15, -0.1) is 0 Å². The molecule has 0 aromatic heterocycles. The van der Waals surface area contributed by atoms with E-state index < -0.39 is 0 Å². The fourth-order valence-corrected chi connectivity index (χ4v) is 2.31. The number of carbonyl (C=O) groups excluding carboxylic acids is 1. The summed E-state index contributed by atoms with van der Waals surface area (Å²) in [6, 6.07) is 0. The Balaban J connectivity index is 2.66. The van der Waals surface area contributed by atoms with Gasteiger partial charge in [0.15, 0.2) is 0 Å². The van der Waals surface area contributed by atoms with Crippen LogP contribution in [0.1, 0.15) is 46.5 Å². The topological polar surface area (TPSA) is 26.3 Å². The van der Waals surface area contributed by atoms with Gasteiger partial charge in [0.1, 0.15) is 5.60 Å². The van der Waals surface area contributed by atoms with E-state index in [-0.39, 0.29) is 17.0 Å². The molecule has 0 spiro atoms. The van der Waals surface area contributed by atoms with Crippen molar-refractivity contribution in [1.82, 2.24) is 0 Å². The largest absolute Gasteiger partial charge is 0.460 e. The molecule has 0 radical (unpaired) electrons. The molecule has 14 heavy (non-hydrogen) atoms. The molecule has 1 aliphatic carbocycles. The van der Waals surface area contributed by atoms with Crippen LogP contribution >= 0.6 is 12.6 Å². The summed E-state index contributed by atoms with van der Waals surface area (Å²) in [7, 11) is 0. The van der Waals surface area contributed by atoms with Gasteiger partial charge in [0.2, 0.25) is 0 Å². The SMILES string of the molecule is CC(C)(C)OC(=O)C1(CS)CCCC1. The first kappa shape index (κ1) is 11.9. The van der Waals surface area contributed by atoms with Crippen molar-refractivity contribution in [2.75, 3.05) is 5.75 Å². The summed E-state index contributed by atoms with van der Waals surface area (Å²) in [4.78, 5) is 11.9. The third-order valence-corrected chi connectivity index (χ3v) is 3.30. The molecule has 0 aromatic carbocycles. The summed E-state index contributed by atoms with van der Waals surface area (Å²) in [5, 5.41) is 0. The van der Waals surface area contributed by atoms with Crippen molar-refractivity contribution in [3.63, 3.8) is 0 Å². The lowest BCUT2D eigenvalue weighted by Gasteiger charge is -2.29. The van der Waals surface area contributed by atoms with E-state index in [1.165, 1.54) is 0 Å². The zero-order chi connectivity index (χ0) is 10.8. The van der Waals surface area contributed by atoms with Crippen molar-refractivity contribution in [1.29, 1.82) is 0 Å². The lowest BCUT2D eigenvalue weighted by atomic mass is 9.88. The standard InChI is InChI=1S/C11H20O2S/c1-10(2,3)13-9(12)11(8-14)6-4-5-7-11/h14H,4-8H2,1-3H3. The van der Waals surface area contributed by atoms with E-state index in [1.54, 1.807) is 0 Å². The molecule has 0 aromatic rings. The van der Waals surface area contributed by atoms with Crippen molar-refractivity contribution in [2.45, 2.75) is 52.1 Å². The highest BCUT2D eigenvalue weighted by atomic mass is 32.1. The summed E-state index contributed by atoms with van der Waals surface area (Å²) >= 11 is 4.29. The number of carbonyl (C=O) groups is 1. The number of ether oxygens (including phenoxy) is 1. The lowest BCUT2D eigenvalue weighted by Crippen LogP contribution is -2.37. The second-order valence-electron chi connectivity index (χ2n) is 5.15. The first-order chi connectivity index (χ1) is 6.40. The summed E-state index contributed by atoms with van der Waals surface area (Å²) < 4.78 is 5.43. The van der Waals surface area contributed by atoms with Gasteiger partial charge in [-0.2, -0.15) is 12.6 Å². The van der Waals surface area contributed by atoms with Crippen LogP contribution in [-0.4, -0.2) is 17.3 Å². The molecule has 3 heteroatoms. The van der Waals surface area contributed by atoms with Crippen LogP contribution in [-0.2, 0) is 9.53 Å². The van der Waals surface area contributed by atoms with Crippen molar-refractivity contribution >= 4 is 18.6 Å². The second-order valence-corrected chi connectivity index (χ2v) is 5.46. The van der Waals surface area contributed by atoms with Crippen molar-refractivity contribution in [3.8, 4) is 0 Å². The minimum absolute atomic E-state index is 0.0579. The van der Waals surface area contributed by atoms with Gasteiger partial charge in [0.25, 0.3) is 0 Å². The Bertz CT molecular complexity index is 212. The van der Waals surface area contributed by atoms with Crippen molar-refractivity contribution in [2.24, 2.45) is 5.41 Å². The van der Waals surface area contributed by atoms with Crippen molar-refractivity contribution in [3.05, 3.63) is 0 Å². The average molecular weight is 216 g/mol. The summed E-state index contributed by atoms with van der Waals surface area (Å²) in [5.74, 6) is 0.555. The zero-order valence-corrected chi connectivity index (χ0v) is 10.2. The Morgan fingerprint density at radius 2 is 1.86 bits per heavy atom. The van der Waals surface area contributed by atoms with E-state index in [9.17, 15) is 4.79 Å². The van der Waals surface area contributed by atoms with Crippen LogP contribution in [0.3, 0.4) is 0 Å². The summed E-state index contributed by atoms with van der Waals surface area (Å²) in [6.07, 6.45) is 4.12. The Morgan fingerprint density at radius 1 is 1.36 bits per heavy atom. The Kier molecular flexibility index (Phi) is 3.51. The van der Waals surface area contributed by atoms with E-state index in [0.29, 0.717) is 5.75 Å². The molecule has 0 N–H and O–H groups in total. The quantitative estimate of drug-likeness (QED) is 0.567. The molecule has 1 fully saturated rings. The van der Waals surface area contributed by atoms with E-state index in [1.807, 2.05) is 20.8 Å². The first-order valence-corrected chi connectivity index (χ1v) is 5.87. The van der Waals surface area contributed by atoms with Gasteiger partial charge in [-0.3, -0.25) is 4.79 Å². The monoisotopic (exact) mass is 216 g/mol. The van der Waals surface area contributed by atoms with E-state index in [4.69, 9.17) is 4.74 Å². The van der Waals surface area contributed by atoms with Gasteiger partial charge in [-0.05, 0) is 33.6 Å². The van der Waals surface area contributed by atoms with Crippen LogP contribution in [0.2, 0.25) is 0 Å². The fourth-order valence-electron chi connectivity index (χ4n) is 1.86. The predicted octanol–water partition coefficient (Wildman–Crippen LogP) is 2.82. The van der Waals surface area contributed by atoms with Crippen molar-refractivity contribution < 1.29 is 9.53 Å². The maximum Gasteiger partial charge on any atom is 0.313 e. The smallest absolute Gasteiger partial charge is 0.313 e. The minimum atomic E-state index is -0.379. The molecule has 0 unspecified atom stereocenters. The highest BCUT2D eigenvalue weighted by Crippen LogP contribution is 2.40. The Morgan fingerprint density at radius 3 is 2.21 bits per heavy atom. The van der Waals surface area contributed by atoms with Crippen LogP contribution in [0.4, 0.5) is 0 Å². The molecule has 1 rings (SSSR count). The highest BCUT2D eigenvalue weighted by Gasteiger charge is 2.42. The third-order valence-electron chi connectivity index (χ3n) is 2.70. The average Bonchev–Trinajstić information content (AvgIpc) is 2.49. The van der Waals surface area contributed by atoms with E-state index in [2.05, 4.69) is 12.6 Å². The lowest BCUT2D eigenvalue weighted by molar-refractivity contribution is -0.165. The van der Waals surface area contributed by atoms with Gasteiger partial charge in [0.05, 0.1) is 5.41 Å². The van der Waals surface area contributed by atoms with E-state index in [0.717, 1.165) is 25.7 Å². The first-order valence-electron chi connectivity index (χ1n) is 5.24. The number of thiol groups is 1. The molecule has 82 valence electrons. The molecule has 2 nitrogen and oxygen atoms in total. The number of hydrogen-bond donors (Lipinski definition) is 1. The van der Waals surface area contributed by atoms with Gasteiger partial charge in [-0.25, -0.2) is 0 Å². The summed E-state index contributed by atoms with van der Waals surface area (Å²) in [5.41, 5.74) is -0.675. The number of hydrogen-bond acceptors (Lipinski definition) is 3. The molecular formula is C11H20O2S. The number of esters is 1.